The summed E-state index contributed by atoms with van der Waals surface area (Å²) in [4.78, 5) is 15.6. The average molecular weight is 373 g/mol. The van der Waals surface area contributed by atoms with E-state index in [4.69, 9.17) is 17.3 Å². The number of hydrogen-bond acceptors (Lipinski definition) is 3. The van der Waals surface area contributed by atoms with Crippen molar-refractivity contribution in [1.82, 2.24) is 4.90 Å². The number of amides is 1. The molecule has 6 heteroatoms. The highest BCUT2D eigenvalue weighted by Gasteiger charge is 2.26. The van der Waals surface area contributed by atoms with Crippen molar-refractivity contribution in [2.45, 2.75) is 26.4 Å². The van der Waals surface area contributed by atoms with Crippen molar-refractivity contribution in [3.8, 4) is 0 Å². The lowest BCUT2D eigenvalue weighted by Gasteiger charge is -2.27. The molecule has 2 rings (SSSR count). The summed E-state index contributed by atoms with van der Waals surface area (Å²) in [6.07, 6.45) is 0. The second kappa shape index (κ2) is 9.28. The minimum absolute atomic E-state index is 0. The molecule has 0 spiro atoms. The molecule has 1 heterocycles. The lowest BCUT2D eigenvalue weighted by molar-refractivity contribution is -0.136. The molecule has 0 radical (unpaired) electrons. The minimum atomic E-state index is -0.297. The Balaban J connectivity index is 0.00000264. The zero-order chi connectivity index (χ0) is 16.1. The second-order valence-electron chi connectivity index (χ2n) is 5.28. The first-order valence-corrected chi connectivity index (χ1v) is 8.56. The van der Waals surface area contributed by atoms with Crippen molar-refractivity contribution < 1.29 is 4.79 Å². The summed E-state index contributed by atoms with van der Waals surface area (Å²) in [5.41, 5.74) is 7.25. The minimum Gasteiger partial charge on any atom is -0.338 e. The van der Waals surface area contributed by atoms with Gasteiger partial charge in [0.2, 0.25) is 5.91 Å². The Hall–Kier alpha value is -1.07. The molecule has 2 unspecified atom stereocenters. The topological polar surface area (TPSA) is 46.3 Å². The first kappa shape index (κ1) is 20.0. The lowest BCUT2D eigenvalue weighted by atomic mass is 9.94. The average Bonchev–Trinajstić information content (AvgIpc) is 2.96. The Morgan fingerprint density at radius 1 is 1.26 bits per heavy atom. The largest absolute Gasteiger partial charge is 0.338 e. The summed E-state index contributed by atoms with van der Waals surface area (Å²) in [5.74, 6) is -0.193. The van der Waals surface area contributed by atoms with Crippen LogP contribution in [-0.2, 0) is 11.3 Å². The van der Waals surface area contributed by atoms with Crippen molar-refractivity contribution >= 4 is 41.3 Å². The molecule has 23 heavy (non-hydrogen) atoms. The van der Waals surface area contributed by atoms with Crippen molar-refractivity contribution in [3.63, 3.8) is 0 Å². The lowest BCUT2D eigenvalue weighted by Crippen LogP contribution is -2.38. The SMILES string of the molecule is CCN(Cc1ccc(Cl)s1)C(=O)C(C)C(N)c1ccccc1.Cl. The molecule has 126 valence electrons. The fourth-order valence-corrected chi connectivity index (χ4v) is 3.48. The van der Waals surface area contributed by atoms with Crippen LogP contribution in [0.15, 0.2) is 42.5 Å². The van der Waals surface area contributed by atoms with Crippen LogP contribution in [0, 0.1) is 5.92 Å². The van der Waals surface area contributed by atoms with Crippen LogP contribution in [0.1, 0.15) is 30.3 Å². The molecule has 2 N–H and O–H groups in total. The maximum absolute atomic E-state index is 12.7. The molecule has 0 saturated carbocycles. The quantitative estimate of drug-likeness (QED) is 0.810. The van der Waals surface area contributed by atoms with Gasteiger partial charge in [-0.15, -0.1) is 23.7 Å². The molecule has 2 aromatic rings. The van der Waals surface area contributed by atoms with Gasteiger partial charge < -0.3 is 10.6 Å². The molecule has 2 atom stereocenters. The maximum Gasteiger partial charge on any atom is 0.227 e. The van der Waals surface area contributed by atoms with Gasteiger partial charge in [-0.05, 0) is 24.6 Å². The summed E-state index contributed by atoms with van der Waals surface area (Å²) in [6, 6.07) is 13.3. The van der Waals surface area contributed by atoms with Gasteiger partial charge in [-0.2, -0.15) is 0 Å². The van der Waals surface area contributed by atoms with E-state index < -0.39 is 0 Å². The van der Waals surface area contributed by atoms with E-state index in [9.17, 15) is 4.79 Å². The van der Waals surface area contributed by atoms with E-state index in [1.54, 1.807) is 0 Å². The first-order valence-electron chi connectivity index (χ1n) is 7.36. The van der Waals surface area contributed by atoms with E-state index in [0.717, 1.165) is 14.8 Å². The molecule has 1 aromatic heterocycles. The van der Waals surface area contributed by atoms with Gasteiger partial charge in [-0.3, -0.25) is 4.79 Å². The molecule has 0 fully saturated rings. The number of nitrogens with zero attached hydrogens (tertiary/aromatic N) is 1. The number of halogens is 2. The van der Waals surface area contributed by atoms with E-state index in [2.05, 4.69) is 0 Å². The van der Waals surface area contributed by atoms with Crippen LogP contribution in [-0.4, -0.2) is 17.4 Å². The van der Waals surface area contributed by atoms with Gasteiger partial charge in [0, 0.05) is 17.5 Å². The molecule has 3 nitrogen and oxygen atoms in total. The van der Waals surface area contributed by atoms with Crippen LogP contribution in [0.25, 0.3) is 0 Å². The Morgan fingerprint density at radius 3 is 2.43 bits per heavy atom. The predicted octanol–water partition coefficient (Wildman–Crippen LogP) is 4.51. The highest BCUT2D eigenvalue weighted by Crippen LogP contribution is 2.25. The summed E-state index contributed by atoms with van der Waals surface area (Å²) < 4.78 is 0.743. The van der Waals surface area contributed by atoms with Crippen LogP contribution in [0.5, 0.6) is 0 Å². The zero-order valence-corrected chi connectivity index (χ0v) is 15.6. The number of thiophene rings is 1. The summed E-state index contributed by atoms with van der Waals surface area (Å²) in [5, 5.41) is 0. The second-order valence-corrected chi connectivity index (χ2v) is 7.08. The van der Waals surface area contributed by atoms with Crippen LogP contribution >= 0.6 is 35.3 Å². The van der Waals surface area contributed by atoms with Gasteiger partial charge in [0.05, 0.1) is 16.8 Å². The van der Waals surface area contributed by atoms with Gasteiger partial charge >= 0.3 is 0 Å². The summed E-state index contributed by atoms with van der Waals surface area (Å²) >= 11 is 7.46. The fourth-order valence-electron chi connectivity index (χ4n) is 2.38. The summed E-state index contributed by atoms with van der Waals surface area (Å²) in [7, 11) is 0. The van der Waals surface area contributed by atoms with Crippen molar-refractivity contribution in [3.05, 3.63) is 57.2 Å². The Kier molecular flexibility index (Phi) is 8.06. The molecule has 1 aromatic carbocycles. The molecular weight excluding hydrogens is 351 g/mol. The smallest absolute Gasteiger partial charge is 0.227 e. The number of carbonyl (C=O) groups excluding carboxylic acids is 1. The van der Waals surface area contributed by atoms with Gasteiger partial charge in [-0.25, -0.2) is 0 Å². The van der Waals surface area contributed by atoms with Gasteiger partial charge in [0.1, 0.15) is 0 Å². The van der Waals surface area contributed by atoms with Crippen LogP contribution in [0.3, 0.4) is 0 Å². The fraction of sp³-hybridized carbons (Fsp3) is 0.353. The Bertz CT molecular complexity index is 618. The van der Waals surface area contributed by atoms with Crippen LogP contribution in [0.2, 0.25) is 4.34 Å². The maximum atomic E-state index is 12.7. The first-order chi connectivity index (χ1) is 10.5. The van der Waals surface area contributed by atoms with Crippen molar-refractivity contribution in [2.75, 3.05) is 6.54 Å². The Labute approximate surface area is 152 Å². The highest BCUT2D eigenvalue weighted by atomic mass is 35.5. The van der Waals surface area contributed by atoms with Gasteiger partial charge in [0.15, 0.2) is 0 Å². The van der Waals surface area contributed by atoms with E-state index in [-0.39, 0.29) is 30.3 Å². The predicted molar refractivity (Wildman–Crippen MR) is 100 cm³/mol. The van der Waals surface area contributed by atoms with Crippen LogP contribution < -0.4 is 5.73 Å². The number of rotatable bonds is 6. The third kappa shape index (κ3) is 5.21. The third-order valence-corrected chi connectivity index (χ3v) is 5.00. The molecule has 0 saturated heterocycles. The normalized spacial score (nSPS) is 13.0. The van der Waals surface area contributed by atoms with Gasteiger partial charge in [-0.1, -0.05) is 48.9 Å². The highest BCUT2D eigenvalue weighted by molar-refractivity contribution is 7.16. The van der Waals surface area contributed by atoms with Crippen molar-refractivity contribution in [2.24, 2.45) is 11.7 Å². The number of benzene rings is 1. The standard InChI is InChI=1S/C17H21ClN2OS.ClH/c1-3-20(11-14-9-10-15(18)22-14)17(21)12(2)16(19)13-7-5-4-6-8-13;/h4-10,12,16H,3,11,19H2,1-2H3;1H. The van der Waals surface area contributed by atoms with Crippen LogP contribution in [0.4, 0.5) is 0 Å². The molecule has 0 aliphatic heterocycles. The Morgan fingerprint density at radius 2 is 1.91 bits per heavy atom. The zero-order valence-electron chi connectivity index (χ0n) is 13.2. The molecule has 1 amide bonds. The number of carbonyl (C=O) groups is 1. The molecule has 0 aliphatic rings. The molecular formula is C17H22Cl2N2OS. The third-order valence-electron chi connectivity index (χ3n) is 3.78. The van der Waals surface area contributed by atoms with Crippen molar-refractivity contribution in [1.29, 1.82) is 0 Å². The van der Waals surface area contributed by atoms with E-state index in [1.807, 2.05) is 61.2 Å². The van der Waals surface area contributed by atoms with E-state index >= 15 is 0 Å². The molecule has 0 aliphatic carbocycles. The van der Waals surface area contributed by atoms with E-state index in [1.165, 1.54) is 11.3 Å². The van der Waals surface area contributed by atoms with Gasteiger partial charge in [0.25, 0.3) is 0 Å². The molecule has 0 bridgehead atoms. The number of nitrogens with two attached hydrogens (primary N) is 1. The van der Waals surface area contributed by atoms with E-state index in [0.29, 0.717) is 13.1 Å². The summed E-state index contributed by atoms with van der Waals surface area (Å²) in [6.45, 7) is 5.11. The monoisotopic (exact) mass is 372 g/mol. The number of hydrogen-bond donors (Lipinski definition) is 1.